The fourth-order valence-corrected chi connectivity index (χ4v) is 2.34. The van der Waals surface area contributed by atoms with Gasteiger partial charge in [0, 0.05) is 26.4 Å². The molecule has 0 aliphatic rings. The normalized spacial score (nSPS) is 12.4. The van der Waals surface area contributed by atoms with Gasteiger partial charge in [0.1, 0.15) is 12.1 Å². The quantitative estimate of drug-likeness (QED) is 0.120. The number of guanidine groups is 1. The van der Waals surface area contributed by atoms with Crippen LogP contribution in [0.1, 0.15) is 52.4 Å². The van der Waals surface area contributed by atoms with E-state index in [1.807, 2.05) is 0 Å². The van der Waals surface area contributed by atoms with Crippen molar-refractivity contribution in [3.63, 3.8) is 0 Å². The third-order valence-corrected chi connectivity index (χ3v) is 3.76. The molecule has 0 bridgehead atoms. The Bertz CT molecular complexity index is 562. The first-order valence-corrected chi connectivity index (χ1v) is 9.25. The van der Waals surface area contributed by atoms with Crippen LogP contribution in [0.2, 0.25) is 0 Å². The van der Waals surface area contributed by atoms with E-state index < -0.39 is 24.0 Å². The second kappa shape index (κ2) is 14.2. The first kappa shape index (κ1) is 25.1. The van der Waals surface area contributed by atoms with Crippen LogP contribution < -0.4 is 27.4 Å². The van der Waals surface area contributed by atoms with Crippen LogP contribution in [-0.4, -0.2) is 59.9 Å². The summed E-state index contributed by atoms with van der Waals surface area (Å²) in [6, 6.07) is -1.57. The Morgan fingerprint density at radius 3 is 2.25 bits per heavy atom. The molecule has 8 N–H and O–H groups in total. The monoisotopic (exact) mass is 400 g/mol. The van der Waals surface area contributed by atoms with Gasteiger partial charge < -0.3 is 32.5 Å². The number of unbranched alkanes of at least 4 members (excludes halogenated alkanes) is 2. The van der Waals surface area contributed by atoms with E-state index in [0.29, 0.717) is 45.2 Å². The molecule has 0 spiro atoms. The number of hydrogen-bond acceptors (Lipinski definition) is 5. The Kier molecular flexibility index (Phi) is 12.8. The van der Waals surface area contributed by atoms with Crippen LogP contribution in [0.4, 0.5) is 0 Å². The van der Waals surface area contributed by atoms with E-state index in [-0.39, 0.29) is 24.2 Å². The predicted octanol–water partition coefficient (Wildman–Crippen LogP) is -1.19. The van der Waals surface area contributed by atoms with Crippen molar-refractivity contribution in [2.45, 2.75) is 64.5 Å². The number of aliphatic imine (C=N–C) groups is 1. The first-order valence-electron chi connectivity index (χ1n) is 9.25. The van der Waals surface area contributed by atoms with Crippen LogP contribution in [-0.2, 0) is 19.2 Å². The Morgan fingerprint density at radius 1 is 1.00 bits per heavy atom. The maximum absolute atomic E-state index is 12.4. The van der Waals surface area contributed by atoms with Crippen LogP contribution in [0, 0.1) is 0 Å². The summed E-state index contributed by atoms with van der Waals surface area (Å²) in [4.78, 5) is 49.9. The van der Waals surface area contributed by atoms with Crippen molar-refractivity contribution in [1.82, 2.24) is 16.0 Å². The van der Waals surface area contributed by atoms with Gasteiger partial charge in [0.2, 0.25) is 17.7 Å². The van der Waals surface area contributed by atoms with Crippen molar-refractivity contribution in [3.05, 3.63) is 0 Å². The van der Waals surface area contributed by atoms with Crippen LogP contribution in [0.3, 0.4) is 0 Å². The van der Waals surface area contributed by atoms with E-state index in [9.17, 15) is 19.2 Å². The number of carbonyl (C=O) groups is 4. The van der Waals surface area contributed by atoms with Gasteiger partial charge in [-0.3, -0.25) is 24.2 Å². The van der Waals surface area contributed by atoms with Gasteiger partial charge >= 0.3 is 5.97 Å². The number of rotatable bonds is 14. The number of carbonyl (C=O) groups excluding carboxylic acids is 3. The van der Waals surface area contributed by atoms with E-state index >= 15 is 0 Å². The zero-order chi connectivity index (χ0) is 21.5. The summed E-state index contributed by atoms with van der Waals surface area (Å²) in [6.45, 7) is 3.56. The average molecular weight is 400 g/mol. The Morgan fingerprint density at radius 2 is 1.68 bits per heavy atom. The van der Waals surface area contributed by atoms with Gasteiger partial charge in [0.05, 0.1) is 0 Å². The van der Waals surface area contributed by atoms with Gasteiger partial charge in [0.15, 0.2) is 5.96 Å². The second-order valence-electron chi connectivity index (χ2n) is 6.43. The molecule has 160 valence electrons. The Balaban J connectivity index is 4.33. The highest BCUT2D eigenvalue weighted by atomic mass is 16.4. The van der Waals surface area contributed by atoms with Crippen LogP contribution in [0.25, 0.3) is 0 Å². The molecule has 0 rings (SSSR count). The summed E-state index contributed by atoms with van der Waals surface area (Å²) in [5.74, 6) is -2.07. The van der Waals surface area contributed by atoms with Crippen molar-refractivity contribution in [2.75, 3.05) is 13.1 Å². The summed E-state index contributed by atoms with van der Waals surface area (Å²) < 4.78 is 0. The first-order chi connectivity index (χ1) is 13.1. The van der Waals surface area contributed by atoms with Crippen molar-refractivity contribution in [2.24, 2.45) is 16.5 Å². The van der Waals surface area contributed by atoms with Crippen LogP contribution in [0.15, 0.2) is 4.99 Å². The number of nitrogens with one attached hydrogen (secondary N) is 3. The second-order valence-corrected chi connectivity index (χ2v) is 6.43. The Labute approximate surface area is 164 Å². The molecule has 0 unspecified atom stereocenters. The molecule has 0 aromatic rings. The molecule has 2 atom stereocenters. The van der Waals surface area contributed by atoms with Crippen molar-refractivity contribution >= 4 is 29.7 Å². The standard InChI is InChI=1S/C17H32N6O5/c1-11(15(27)20-9-5-3-4-8-14(25)26)22-16(28)13(23-12(2)24)7-6-10-21-17(18)19/h11,13H,3-10H2,1-2H3,(H,20,27)(H,22,28)(H,23,24)(H,25,26)(H4,18,19,21)/t11-,13-/m0/s1. The smallest absolute Gasteiger partial charge is 0.303 e. The number of nitrogens with zero attached hydrogens (tertiary/aromatic N) is 1. The average Bonchev–Trinajstić information content (AvgIpc) is 2.59. The van der Waals surface area contributed by atoms with E-state index in [1.54, 1.807) is 6.92 Å². The summed E-state index contributed by atoms with van der Waals surface area (Å²) in [5.41, 5.74) is 10.5. The Hall–Kier alpha value is -2.85. The minimum atomic E-state index is -0.840. The van der Waals surface area contributed by atoms with E-state index in [1.165, 1.54) is 6.92 Å². The molecule has 0 aromatic heterocycles. The molecule has 0 saturated carbocycles. The van der Waals surface area contributed by atoms with Crippen LogP contribution >= 0.6 is 0 Å². The minimum absolute atomic E-state index is 0.0474. The van der Waals surface area contributed by atoms with Gasteiger partial charge in [-0.1, -0.05) is 6.42 Å². The van der Waals surface area contributed by atoms with E-state index in [0.717, 1.165) is 0 Å². The molecule has 0 aromatic carbocycles. The molecule has 0 heterocycles. The zero-order valence-electron chi connectivity index (χ0n) is 16.5. The summed E-state index contributed by atoms with van der Waals surface area (Å²) in [5, 5.41) is 16.4. The van der Waals surface area contributed by atoms with Gasteiger partial charge in [-0.2, -0.15) is 0 Å². The minimum Gasteiger partial charge on any atom is -0.481 e. The molecule has 0 fully saturated rings. The lowest BCUT2D eigenvalue weighted by atomic mass is 10.1. The number of nitrogens with two attached hydrogens (primary N) is 2. The number of carboxylic acids is 1. The molecular weight excluding hydrogens is 368 g/mol. The number of carboxylic acid groups (broad SMARTS) is 1. The zero-order valence-corrected chi connectivity index (χ0v) is 16.5. The number of aliphatic carboxylic acids is 1. The lowest BCUT2D eigenvalue weighted by Gasteiger charge is -2.20. The molecule has 0 saturated heterocycles. The molecule has 11 heteroatoms. The summed E-state index contributed by atoms with van der Waals surface area (Å²) in [7, 11) is 0. The molecule has 28 heavy (non-hydrogen) atoms. The lowest BCUT2D eigenvalue weighted by molar-refractivity contribution is -0.137. The molecule has 0 radical (unpaired) electrons. The van der Waals surface area contributed by atoms with Crippen molar-refractivity contribution in [3.8, 4) is 0 Å². The van der Waals surface area contributed by atoms with E-state index in [4.69, 9.17) is 16.6 Å². The summed E-state index contributed by atoms with van der Waals surface area (Å²) >= 11 is 0. The number of amides is 3. The van der Waals surface area contributed by atoms with Gasteiger partial charge in [-0.15, -0.1) is 0 Å². The molecule has 0 aliphatic heterocycles. The van der Waals surface area contributed by atoms with Gasteiger partial charge in [-0.25, -0.2) is 0 Å². The third-order valence-electron chi connectivity index (χ3n) is 3.76. The molecule has 0 aliphatic carbocycles. The van der Waals surface area contributed by atoms with Gasteiger partial charge in [-0.05, 0) is 32.6 Å². The molecule has 11 nitrogen and oxygen atoms in total. The molecule has 3 amide bonds. The number of hydrogen-bond donors (Lipinski definition) is 6. The SMILES string of the molecule is CC(=O)N[C@@H](CCCN=C(N)N)C(=O)N[C@@H](C)C(=O)NCCCCCC(=O)O. The third kappa shape index (κ3) is 13.4. The van der Waals surface area contributed by atoms with Crippen LogP contribution in [0.5, 0.6) is 0 Å². The van der Waals surface area contributed by atoms with E-state index in [2.05, 4.69) is 20.9 Å². The highest BCUT2D eigenvalue weighted by molar-refractivity contribution is 5.91. The highest BCUT2D eigenvalue weighted by Gasteiger charge is 2.23. The fourth-order valence-electron chi connectivity index (χ4n) is 2.34. The lowest BCUT2D eigenvalue weighted by Crippen LogP contribution is -2.52. The molecular formula is C17H32N6O5. The fraction of sp³-hybridized carbons (Fsp3) is 0.706. The largest absolute Gasteiger partial charge is 0.481 e. The van der Waals surface area contributed by atoms with Gasteiger partial charge in [0.25, 0.3) is 0 Å². The maximum atomic E-state index is 12.4. The maximum Gasteiger partial charge on any atom is 0.303 e. The topological polar surface area (TPSA) is 189 Å². The van der Waals surface area contributed by atoms with Crippen molar-refractivity contribution < 1.29 is 24.3 Å². The van der Waals surface area contributed by atoms with Crippen molar-refractivity contribution in [1.29, 1.82) is 0 Å². The highest BCUT2D eigenvalue weighted by Crippen LogP contribution is 2.01. The summed E-state index contributed by atoms with van der Waals surface area (Å²) in [6.07, 6.45) is 2.80. The predicted molar refractivity (Wildman–Crippen MR) is 104 cm³/mol.